The number of carbonyl (C=O) groups excluding carboxylic acids is 9. The summed E-state index contributed by atoms with van der Waals surface area (Å²) >= 11 is 1.07. The fraction of sp³-hybridized carbons (Fsp3) is 0.620. The summed E-state index contributed by atoms with van der Waals surface area (Å²) in [5.41, 5.74) is 1.04. The Balaban J connectivity index is 1.74. The molecular formula is C50H75N9O12SSi. The zero-order valence-electron chi connectivity index (χ0n) is 43.7. The van der Waals surface area contributed by atoms with Crippen LogP contribution in [0.15, 0.2) is 35.9 Å². The zero-order valence-corrected chi connectivity index (χ0v) is 45.5. The number of aliphatic hydroxyl groups excluding tert-OH is 1. The van der Waals surface area contributed by atoms with E-state index >= 15 is 4.79 Å². The van der Waals surface area contributed by atoms with Crippen LogP contribution in [0, 0.1) is 11.8 Å². The molecule has 23 heteroatoms. The van der Waals surface area contributed by atoms with Crippen molar-refractivity contribution >= 4 is 84.0 Å². The van der Waals surface area contributed by atoms with Gasteiger partial charge in [0.1, 0.15) is 47.8 Å². The van der Waals surface area contributed by atoms with E-state index in [4.69, 9.17) is 9.16 Å². The van der Waals surface area contributed by atoms with Gasteiger partial charge in [-0.15, -0.1) is 18.3 Å². The van der Waals surface area contributed by atoms with Gasteiger partial charge in [0, 0.05) is 61.5 Å². The van der Waals surface area contributed by atoms with Gasteiger partial charge < -0.3 is 61.4 Å². The second kappa shape index (κ2) is 25.0. The Morgan fingerprint density at radius 1 is 0.890 bits per heavy atom. The van der Waals surface area contributed by atoms with Crippen molar-refractivity contribution < 1.29 is 57.4 Å². The Labute approximate surface area is 432 Å². The van der Waals surface area contributed by atoms with Crippen LogP contribution in [0.4, 0.5) is 0 Å². The number of hydrogen-bond donors (Lipinski definition) is 9. The summed E-state index contributed by atoms with van der Waals surface area (Å²) < 4.78 is 12.3. The third-order valence-electron chi connectivity index (χ3n) is 14.5. The topological polar surface area (TPSA) is 296 Å². The van der Waals surface area contributed by atoms with Gasteiger partial charge in [-0.2, -0.15) is 0 Å². The molecule has 4 heterocycles. The Kier molecular flexibility index (Phi) is 19.9. The lowest BCUT2D eigenvalue weighted by molar-refractivity contribution is -0.144. The fourth-order valence-electron chi connectivity index (χ4n) is 8.70. The molecule has 1 aromatic carbocycles. The molecule has 10 atom stereocenters. The highest BCUT2D eigenvalue weighted by molar-refractivity contribution is 7.99. The van der Waals surface area contributed by atoms with Gasteiger partial charge in [-0.3, -0.25) is 43.2 Å². The van der Waals surface area contributed by atoms with E-state index in [9.17, 15) is 43.5 Å². The van der Waals surface area contributed by atoms with Crippen molar-refractivity contribution in [2.45, 2.75) is 159 Å². The van der Waals surface area contributed by atoms with Gasteiger partial charge in [-0.1, -0.05) is 54.0 Å². The number of carbonyl (C=O) groups is 9. The molecule has 5 rings (SSSR count). The second-order valence-corrected chi connectivity index (χ2v) is 26.6. The molecule has 0 saturated carbocycles. The van der Waals surface area contributed by atoms with Gasteiger partial charge >= 0.3 is 0 Å². The quantitative estimate of drug-likeness (QED) is 0.108. The molecule has 2 unspecified atom stereocenters. The second-order valence-electron chi connectivity index (χ2n) is 20.9. The molecule has 1 fully saturated rings. The number of ether oxygens (including phenoxy) is 1. The highest BCUT2D eigenvalue weighted by Gasteiger charge is 2.46. The van der Waals surface area contributed by atoms with Gasteiger partial charge in [0.05, 0.1) is 36.8 Å². The number of methoxy groups -OCH3 is 1. The molecule has 1 saturated heterocycles. The van der Waals surface area contributed by atoms with Crippen molar-refractivity contribution in [2.24, 2.45) is 11.8 Å². The van der Waals surface area contributed by atoms with Crippen molar-refractivity contribution in [3.05, 3.63) is 36.4 Å². The number of nitrogens with one attached hydrogen (secondary N) is 8. The van der Waals surface area contributed by atoms with Crippen molar-refractivity contribution in [2.75, 3.05) is 32.5 Å². The van der Waals surface area contributed by atoms with Crippen LogP contribution in [0.25, 0.3) is 10.9 Å². The first-order valence-electron chi connectivity index (χ1n) is 24.9. The minimum atomic E-state index is -2.52. The van der Waals surface area contributed by atoms with E-state index in [1.165, 1.54) is 13.2 Å². The largest absolute Gasteiger partial charge is 0.497 e. The number of thioether (sulfide) groups is 1. The number of nitrogens with zero attached hydrogens (tertiary/aromatic N) is 1. The van der Waals surface area contributed by atoms with E-state index in [0.717, 1.165) is 16.7 Å². The number of hydrogen-bond acceptors (Lipinski definition) is 13. The lowest BCUT2D eigenvalue weighted by Crippen LogP contribution is -2.62. The molecule has 21 nitrogen and oxygen atoms in total. The number of benzene rings is 1. The molecule has 8 amide bonds. The number of aliphatic hydroxyl groups is 1. The lowest BCUT2D eigenvalue weighted by Gasteiger charge is -2.41. The summed E-state index contributed by atoms with van der Waals surface area (Å²) in [6.45, 7) is 19.4. The van der Waals surface area contributed by atoms with Crippen LogP contribution in [0.2, 0.25) is 18.1 Å². The number of H-pyrrole nitrogens is 1. The Hall–Kier alpha value is -5.78. The number of ketones is 1. The summed E-state index contributed by atoms with van der Waals surface area (Å²) in [6, 6.07) is -3.30. The van der Waals surface area contributed by atoms with Gasteiger partial charge in [0.25, 0.3) is 0 Å². The van der Waals surface area contributed by atoms with Crippen LogP contribution in [-0.2, 0) is 54.0 Å². The Morgan fingerprint density at radius 2 is 1.56 bits per heavy atom. The number of rotatable bonds is 12. The molecule has 0 spiro atoms. The molecule has 2 aromatic rings. The minimum absolute atomic E-state index is 0.0275. The average Bonchev–Trinajstić information content (AvgIpc) is 3.90. The van der Waals surface area contributed by atoms with Crippen molar-refractivity contribution in [1.29, 1.82) is 0 Å². The molecule has 73 heavy (non-hydrogen) atoms. The molecule has 402 valence electrons. The minimum Gasteiger partial charge on any atom is -0.497 e. The molecular weight excluding hydrogens is 979 g/mol. The van der Waals surface area contributed by atoms with E-state index in [0.29, 0.717) is 33.7 Å². The Morgan fingerprint density at radius 3 is 2.21 bits per heavy atom. The van der Waals surface area contributed by atoms with Crippen molar-refractivity contribution in [3.8, 4) is 5.75 Å². The van der Waals surface area contributed by atoms with Crippen LogP contribution >= 0.6 is 11.8 Å². The van der Waals surface area contributed by atoms with Crippen LogP contribution in [-0.4, -0.2) is 157 Å². The summed E-state index contributed by atoms with van der Waals surface area (Å²) in [6.07, 6.45) is -0.678. The number of aromatic nitrogens is 1. The smallest absolute Gasteiger partial charge is 0.246 e. The monoisotopic (exact) mass is 1050 g/mol. The average molecular weight is 1050 g/mol. The maximum atomic E-state index is 15.1. The van der Waals surface area contributed by atoms with E-state index in [1.54, 1.807) is 45.9 Å². The van der Waals surface area contributed by atoms with Crippen molar-refractivity contribution in [3.63, 3.8) is 0 Å². The molecule has 2 bridgehead atoms. The number of Topliss-reactive ketones (excluding diaryl/α,β-unsaturated/α-hetero) is 1. The summed E-state index contributed by atoms with van der Waals surface area (Å²) in [4.78, 5) is 133. The number of aromatic amines is 1. The normalized spacial score (nSPS) is 25.8. The highest BCUT2D eigenvalue weighted by Crippen LogP contribution is 2.39. The molecule has 0 radical (unpaired) electrons. The third kappa shape index (κ3) is 14.7. The van der Waals surface area contributed by atoms with Gasteiger partial charge in [0.15, 0.2) is 8.32 Å². The summed E-state index contributed by atoms with van der Waals surface area (Å²) in [5.74, 6) is -7.84. The van der Waals surface area contributed by atoms with Crippen LogP contribution in [0.3, 0.4) is 0 Å². The first-order valence-corrected chi connectivity index (χ1v) is 28.8. The van der Waals surface area contributed by atoms with Crippen LogP contribution in [0.1, 0.15) is 86.1 Å². The van der Waals surface area contributed by atoms with Gasteiger partial charge in [-0.25, -0.2) is 0 Å². The molecule has 3 aliphatic heterocycles. The molecule has 0 aliphatic carbocycles. The van der Waals surface area contributed by atoms with E-state index in [-0.39, 0.29) is 43.0 Å². The zero-order chi connectivity index (χ0) is 54.1. The number of amides is 8. The maximum Gasteiger partial charge on any atom is 0.246 e. The SMILES string of the molecule is C=CCCC(=O)C[C@@H]1NC(=O)[C@H]2CSc3[nH]c4cc(OC)ccc4c3C[C@H](NC(=O)[C@@H]([C@@H](C)C(C)O[Si](C)(C)C(C)(C)C)NC(=O)C3C[C@@H](O)CN3C1=O)C(=O)NCC(=O)N[C@@H]([C@@H](C)CC)C(=O)NCC(=O)N2. The van der Waals surface area contributed by atoms with Gasteiger partial charge in [-0.05, 0) is 55.1 Å². The maximum absolute atomic E-state index is 15.1. The van der Waals surface area contributed by atoms with Crippen molar-refractivity contribution in [1.82, 2.24) is 47.1 Å². The highest BCUT2D eigenvalue weighted by atomic mass is 32.2. The summed E-state index contributed by atoms with van der Waals surface area (Å²) in [7, 11) is -1.02. The Bertz CT molecular complexity index is 2430. The number of fused-ring (bicyclic) bond motifs is 5. The van der Waals surface area contributed by atoms with Crippen LogP contribution < -0.4 is 42.0 Å². The first-order chi connectivity index (χ1) is 34.3. The van der Waals surface area contributed by atoms with Gasteiger partial charge in [0.2, 0.25) is 47.3 Å². The summed E-state index contributed by atoms with van der Waals surface area (Å²) in [5, 5.41) is 30.7. The number of allylic oxidation sites excluding steroid dienone is 1. The lowest BCUT2D eigenvalue weighted by atomic mass is 9.94. The first kappa shape index (κ1) is 58.1. The molecule has 9 N–H and O–H groups in total. The standard InChI is InChI=1S/C50H75N9O12SSi/c1-12-14-15-29(60)18-36-49(69)59-24-30(61)19-38(59)45(66)58-42(27(4)28(5)71-73(10,11)50(6,7)8)47(68)54-35-21-33-32-17-16-31(70-9)20-34(32)56-48(33)72-25-37(44(65)55-36)53-39(62)22-52-46(67)41(26(3)13-2)57-40(63)23-51-43(35)64/h12,16-17,20,26-28,30,35-38,41-42,56,61H,1,13-15,18-19,21-25H2,2-11H3,(H,51,64)(H,52,67)(H,53,62)(H,54,68)(H,55,65)(H,57,63)(H,58,66)/t26-,27-,28?,30+,35-,36-,37+,38?,41-,42+/m0/s1. The van der Waals surface area contributed by atoms with E-state index in [1.807, 2.05) is 13.1 Å². The fourth-order valence-corrected chi connectivity index (χ4v) is 11.3. The van der Waals surface area contributed by atoms with E-state index in [2.05, 4.69) is 69.6 Å². The van der Waals surface area contributed by atoms with E-state index < -0.39 is 141 Å². The third-order valence-corrected chi connectivity index (χ3v) is 20.2. The van der Waals surface area contributed by atoms with Crippen LogP contribution in [0.5, 0.6) is 5.75 Å². The predicted octanol–water partition coefficient (Wildman–Crippen LogP) is 1.47. The predicted molar refractivity (Wildman–Crippen MR) is 276 cm³/mol. The molecule has 3 aliphatic rings. The molecule has 1 aromatic heterocycles.